The van der Waals surface area contributed by atoms with Gasteiger partial charge in [0.15, 0.2) is 10.9 Å². The Labute approximate surface area is 196 Å². The number of ether oxygens (including phenoxy) is 2. The molecule has 0 saturated heterocycles. The van der Waals surface area contributed by atoms with Crippen LogP contribution in [0, 0.1) is 4.77 Å². The van der Waals surface area contributed by atoms with Gasteiger partial charge in [-0.1, -0.05) is 34.8 Å². The van der Waals surface area contributed by atoms with Crippen LogP contribution < -0.4 is 11.4 Å². The number of benzene rings is 1. The minimum Gasteiger partial charge on any atom is -0.459 e. The van der Waals surface area contributed by atoms with E-state index in [0.717, 1.165) is 13.7 Å². The van der Waals surface area contributed by atoms with E-state index in [9.17, 15) is 19.2 Å². The number of halogens is 3. The Balaban J connectivity index is 2.36. The molecule has 0 fully saturated rings. The summed E-state index contributed by atoms with van der Waals surface area (Å²) in [7, 11) is 2.82. The third-order valence-corrected chi connectivity index (χ3v) is 5.22. The molecule has 1 unspecified atom stereocenters. The average molecular weight is 509 g/mol. The molecule has 1 atom stereocenters. The Kier molecular flexibility index (Phi) is 8.24. The topological polar surface area (TPSA) is 102 Å². The molecule has 1 aromatic carbocycles. The van der Waals surface area contributed by atoms with E-state index in [1.54, 1.807) is 0 Å². The van der Waals surface area contributed by atoms with E-state index in [4.69, 9.17) is 56.5 Å². The van der Waals surface area contributed by atoms with E-state index in [-0.39, 0.29) is 32.1 Å². The predicted octanol–water partition coefficient (Wildman–Crippen LogP) is 2.67. The fraction of sp³-hybridized carbons (Fsp3) is 0.278. The monoisotopic (exact) mass is 507 g/mol. The summed E-state index contributed by atoms with van der Waals surface area (Å²) < 4.78 is 12.9. The molecule has 0 amide bonds. The first-order valence-electron chi connectivity index (χ1n) is 8.53. The van der Waals surface area contributed by atoms with Crippen LogP contribution in [0.5, 0.6) is 0 Å². The standard InChI is InChI=1S/C18H16Cl3N3O6S/c1-9(14(25)29-7-6-13(20)21)30-15(26)11-8-10(4-5-12(11)19)24-16(27)22(2)18(31)23(3)17(24)28/h4-6,8-9H,7H2,1-3H3. The normalized spacial score (nSPS) is 11.5. The highest BCUT2D eigenvalue weighted by Gasteiger charge is 2.23. The highest BCUT2D eigenvalue weighted by atomic mass is 35.5. The Hall–Kier alpha value is -2.40. The molecule has 0 spiro atoms. The maximum absolute atomic E-state index is 12.6. The minimum absolute atomic E-state index is 0.0136. The van der Waals surface area contributed by atoms with Gasteiger partial charge in [0, 0.05) is 14.1 Å². The lowest BCUT2D eigenvalue weighted by molar-refractivity contribution is -0.151. The first kappa shape index (κ1) is 24.9. The predicted molar refractivity (Wildman–Crippen MR) is 118 cm³/mol. The van der Waals surface area contributed by atoms with Crippen molar-refractivity contribution >= 4 is 59.0 Å². The Bertz CT molecular complexity index is 1200. The Morgan fingerprint density at radius 3 is 2.29 bits per heavy atom. The van der Waals surface area contributed by atoms with Gasteiger partial charge in [-0.3, -0.25) is 9.13 Å². The molecule has 1 aromatic heterocycles. The fourth-order valence-electron chi connectivity index (χ4n) is 2.38. The van der Waals surface area contributed by atoms with Crippen molar-refractivity contribution in [2.24, 2.45) is 14.1 Å². The molecule has 0 aliphatic heterocycles. The number of esters is 2. The first-order chi connectivity index (χ1) is 14.5. The molecule has 13 heteroatoms. The third kappa shape index (κ3) is 5.65. The number of aromatic nitrogens is 3. The van der Waals surface area contributed by atoms with Gasteiger partial charge < -0.3 is 9.47 Å². The van der Waals surface area contributed by atoms with Gasteiger partial charge >= 0.3 is 23.3 Å². The van der Waals surface area contributed by atoms with Crippen LogP contribution in [-0.4, -0.2) is 38.4 Å². The first-order valence-corrected chi connectivity index (χ1v) is 10.1. The zero-order valence-corrected chi connectivity index (χ0v) is 19.5. The second kappa shape index (κ2) is 10.3. The summed E-state index contributed by atoms with van der Waals surface area (Å²) in [6.07, 6.45) is -0.0370. The van der Waals surface area contributed by atoms with Gasteiger partial charge in [-0.05, 0) is 43.4 Å². The lowest BCUT2D eigenvalue weighted by Crippen LogP contribution is -2.43. The molecule has 0 aliphatic carbocycles. The summed E-state index contributed by atoms with van der Waals surface area (Å²) in [6, 6.07) is 3.90. The maximum atomic E-state index is 12.6. The lowest BCUT2D eigenvalue weighted by atomic mass is 10.2. The van der Waals surface area contributed by atoms with E-state index in [0.29, 0.717) is 0 Å². The van der Waals surface area contributed by atoms with Crippen molar-refractivity contribution in [3.8, 4) is 5.69 Å². The summed E-state index contributed by atoms with van der Waals surface area (Å²) in [6.45, 7) is 1.09. The molecule has 166 valence electrons. The molecule has 0 saturated carbocycles. The Morgan fingerprint density at radius 2 is 1.74 bits per heavy atom. The van der Waals surface area contributed by atoms with Crippen LogP contribution in [-0.2, 0) is 28.4 Å². The number of carbonyl (C=O) groups is 2. The zero-order chi connectivity index (χ0) is 23.5. The van der Waals surface area contributed by atoms with E-state index in [1.807, 2.05) is 0 Å². The fourth-order valence-corrected chi connectivity index (χ4v) is 2.85. The molecule has 2 aromatic rings. The van der Waals surface area contributed by atoms with E-state index < -0.39 is 29.4 Å². The van der Waals surface area contributed by atoms with Crippen LogP contribution in [0.2, 0.25) is 5.02 Å². The van der Waals surface area contributed by atoms with Gasteiger partial charge in [0.1, 0.15) is 11.1 Å². The van der Waals surface area contributed by atoms with Crippen LogP contribution in [0.15, 0.2) is 38.4 Å². The van der Waals surface area contributed by atoms with Crippen molar-refractivity contribution in [2.45, 2.75) is 13.0 Å². The van der Waals surface area contributed by atoms with Crippen molar-refractivity contribution < 1.29 is 19.1 Å². The largest absolute Gasteiger partial charge is 0.459 e. The quantitative estimate of drug-likeness (QED) is 0.437. The SMILES string of the molecule is CC(OC(=O)c1cc(-n2c(=O)n(C)c(=S)n(C)c2=O)ccc1Cl)C(=O)OCC=C(Cl)Cl. The molecule has 9 nitrogen and oxygen atoms in total. The van der Waals surface area contributed by atoms with Crippen LogP contribution in [0.1, 0.15) is 17.3 Å². The molecular formula is C18H16Cl3N3O6S. The molecule has 1 heterocycles. The van der Waals surface area contributed by atoms with Crippen LogP contribution >= 0.6 is 47.0 Å². The summed E-state index contributed by atoms with van der Waals surface area (Å²) in [5.41, 5.74) is -1.53. The van der Waals surface area contributed by atoms with Gasteiger partial charge in [0.05, 0.1) is 16.3 Å². The summed E-state index contributed by atoms with van der Waals surface area (Å²) >= 11 is 22.0. The molecule has 2 rings (SSSR count). The smallest absolute Gasteiger partial charge is 0.347 e. The molecule has 0 N–H and O–H groups in total. The third-order valence-electron chi connectivity index (χ3n) is 4.04. The number of carbonyl (C=O) groups excluding carboxylic acids is 2. The second-order valence-corrected chi connectivity index (χ2v) is 7.92. The van der Waals surface area contributed by atoms with Gasteiger partial charge in [0.2, 0.25) is 0 Å². The summed E-state index contributed by atoms with van der Waals surface area (Å²) in [5, 5.41) is -0.0136. The van der Waals surface area contributed by atoms with Crippen molar-refractivity contribution in [3.63, 3.8) is 0 Å². The van der Waals surface area contributed by atoms with Gasteiger partial charge in [0.25, 0.3) is 0 Å². The number of hydrogen-bond acceptors (Lipinski definition) is 7. The Morgan fingerprint density at radius 1 is 1.16 bits per heavy atom. The molecule has 0 aliphatic rings. The van der Waals surface area contributed by atoms with Crippen LogP contribution in [0.25, 0.3) is 5.69 Å². The van der Waals surface area contributed by atoms with Crippen LogP contribution in [0.3, 0.4) is 0 Å². The van der Waals surface area contributed by atoms with Crippen molar-refractivity contribution in [1.29, 1.82) is 0 Å². The molecule has 0 bridgehead atoms. The van der Waals surface area contributed by atoms with Gasteiger partial charge in [-0.25, -0.2) is 23.7 Å². The van der Waals surface area contributed by atoms with Gasteiger partial charge in [-0.2, -0.15) is 0 Å². The second-order valence-electron chi connectivity index (χ2n) is 6.14. The lowest BCUT2D eigenvalue weighted by Gasteiger charge is -2.14. The van der Waals surface area contributed by atoms with Crippen molar-refractivity contribution in [2.75, 3.05) is 6.61 Å². The highest BCUT2D eigenvalue weighted by Crippen LogP contribution is 2.20. The number of nitrogens with zero attached hydrogens (tertiary/aromatic N) is 3. The van der Waals surface area contributed by atoms with E-state index in [1.165, 1.54) is 45.3 Å². The van der Waals surface area contributed by atoms with E-state index >= 15 is 0 Å². The highest BCUT2D eigenvalue weighted by molar-refractivity contribution is 7.71. The number of rotatable bonds is 6. The molecule has 0 radical (unpaired) electrons. The molecular weight excluding hydrogens is 493 g/mol. The van der Waals surface area contributed by atoms with Crippen molar-refractivity contribution in [1.82, 2.24) is 13.7 Å². The van der Waals surface area contributed by atoms with E-state index in [2.05, 4.69) is 0 Å². The van der Waals surface area contributed by atoms with Gasteiger partial charge in [-0.15, -0.1) is 0 Å². The summed E-state index contributed by atoms with van der Waals surface area (Å²) in [5.74, 6) is -1.80. The number of hydrogen-bond donors (Lipinski definition) is 0. The van der Waals surface area contributed by atoms with Crippen LogP contribution in [0.4, 0.5) is 0 Å². The maximum Gasteiger partial charge on any atom is 0.347 e. The minimum atomic E-state index is -1.28. The molecule has 31 heavy (non-hydrogen) atoms. The zero-order valence-electron chi connectivity index (χ0n) is 16.4. The summed E-state index contributed by atoms with van der Waals surface area (Å²) in [4.78, 5) is 49.6. The average Bonchev–Trinajstić information content (AvgIpc) is 2.71. The van der Waals surface area contributed by atoms with Crippen molar-refractivity contribution in [3.05, 3.63) is 65.1 Å².